The van der Waals surface area contributed by atoms with Crippen molar-refractivity contribution in [2.24, 2.45) is 0 Å². The summed E-state index contributed by atoms with van der Waals surface area (Å²) in [6.45, 7) is 2.38. The van der Waals surface area contributed by atoms with Crippen molar-refractivity contribution in [1.29, 1.82) is 0 Å². The Kier molecular flexibility index (Phi) is 4.07. The van der Waals surface area contributed by atoms with Crippen molar-refractivity contribution in [2.75, 3.05) is 5.32 Å². The molecule has 1 aromatic rings. The molecule has 0 fully saturated rings. The molecule has 0 saturated carbocycles. The number of carbonyl (C=O) groups excluding carboxylic acids is 1. The van der Waals surface area contributed by atoms with E-state index in [-0.39, 0.29) is 4.47 Å². The van der Waals surface area contributed by atoms with E-state index in [0.29, 0.717) is 0 Å². The number of hydrogen-bond acceptors (Lipinski definition) is 2. The van der Waals surface area contributed by atoms with Crippen molar-refractivity contribution in [2.45, 2.75) is 25.6 Å². The number of hydrogen-bond donors (Lipinski definition) is 2. The van der Waals surface area contributed by atoms with E-state index in [1.54, 1.807) is 0 Å². The van der Waals surface area contributed by atoms with Crippen LogP contribution in [0.15, 0.2) is 22.7 Å². The molecule has 1 rings (SSSR count). The van der Waals surface area contributed by atoms with Gasteiger partial charge in [0.15, 0.2) is 0 Å². The number of alkyl halides is 3. The van der Waals surface area contributed by atoms with Crippen molar-refractivity contribution in [3.8, 4) is 0 Å². The van der Waals surface area contributed by atoms with Crippen LogP contribution in [-0.4, -0.2) is 16.6 Å². The van der Waals surface area contributed by atoms with Gasteiger partial charge in [0.25, 0.3) is 5.91 Å². The quantitative estimate of drug-likeness (QED) is 0.877. The molecule has 0 aliphatic rings. The average molecular weight is 326 g/mol. The first-order valence-corrected chi connectivity index (χ1v) is 5.71. The van der Waals surface area contributed by atoms with E-state index in [2.05, 4.69) is 21.2 Å². The lowest BCUT2D eigenvalue weighted by atomic mass is 10.1. The largest absolute Gasteiger partial charge is 0.418 e. The van der Waals surface area contributed by atoms with Gasteiger partial charge in [-0.25, -0.2) is 0 Å². The van der Waals surface area contributed by atoms with Crippen LogP contribution in [0.1, 0.15) is 19.4 Å². The third kappa shape index (κ3) is 3.71. The molecule has 1 amide bonds. The van der Waals surface area contributed by atoms with Crippen LogP contribution in [0.2, 0.25) is 0 Å². The fraction of sp³-hybridized carbons (Fsp3) is 0.364. The molecule has 0 aliphatic heterocycles. The summed E-state index contributed by atoms with van der Waals surface area (Å²) in [5.74, 6) is -0.907. The zero-order valence-electron chi connectivity index (χ0n) is 9.60. The van der Waals surface area contributed by atoms with E-state index in [0.717, 1.165) is 12.1 Å². The maximum absolute atomic E-state index is 12.7. The molecule has 0 spiro atoms. The molecule has 0 heterocycles. The van der Waals surface area contributed by atoms with Crippen molar-refractivity contribution < 1.29 is 23.1 Å². The highest BCUT2D eigenvalue weighted by molar-refractivity contribution is 9.10. The monoisotopic (exact) mass is 325 g/mol. The number of amides is 1. The summed E-state index contributed by atoms with van der Waals surface area (Å²) < 4.78 is 38.5. The number of halogens is 4. The van der Waals surface area contributed by atoms with Crippen LogP contribution < -0.4 is 5.32 Å². The maximum atomic E-state index is 12.7. The summed E-state index contributed by atoms with van der Waals surface area (Å²) in [5.41, 5.74) is -3.12. The molecular formula is C11H11BrF3NO2. The SMILES string of the molecule is CC(C)(O)C(=O)Nc1ccc(Br)cc1C(F)(F)F. The van der Waals surface area contributed by atoms with Gasteiger partial charge in [0.05, 0.1) is 11.3 Å². The first-order chi connectivity index (χ1) is 8.01. The molecular weight excluding hydrogens is 315 g/mol. The topological polar surface area (TPSA) is 49.3 Å². The van der Waals surface area contributed by atoms with Crippen LogP contribution in [-0.2, 0) is 11.0 Å². The third-order valence-electron chi connectivity index (χ3n) is 2.09. The lowest BCUT2D eigenvalue weighted by Gasteiger charge is -2.19. The average Bonchev–Trinajstić information content (AvgIpc) is 2.17. The van der Waals surface area contributed by atoms with Gasteiger partial charge in [0, 0.05) is 4.47 Å². The predicted molar refractivity (Wildman–Crippen MR) is 64.1 cm³/mol. The van der Waals surface area contributed by atoms with Gasteiger partial charge in [-0.2, -0.15) is 13.2 Å². The van der Waals surface area contributed by atoms with E-state index >= 15 is 0 Å². The van der Waals surface area contributed by atoms with Crippen LogP contribution in [0.25, 0.3) is 0 Å². The molecule has 0 atom stereocenters. The zero-order valence-corrected chi connectivity index (χ0v) is 11.2. The summed E-state index contributed by atoms with van der Waals surface area (Å²) in [4.78, 5) is 11.5. The Labute approximate surface area is 110 Å². The highest BCUT2D eigenvalue weighted by Gasteiger charge is 2.35. The van der Waals surface area contributed by atoms with Gasteiger partial charge in [0.1, 0.15) is 5.60 Å². The Hall–Kier alpha value is -1.08. The molecule has 0 aromatic heterocycles. The zero-order chi connectivity index (χ0) is 14.1. The normalized spacial score (nSPS) is 12.4. The van der Waals surface area contributed by atoms with Crippen LogP contribution in [0.4, 0.5) is 18.9 Å². The number of benzene rings is 1. The van der Waals surface area contributed by atoms with Gasteiger partial charge in [-0.05, 0) is 32.0 Å². The number of rotatable bonds is 2. The van der Waals surface area contributed by atoms with Gasteiger partial charge in [-0.1, -0.05) is 15.9 Å². The Balaban J connectivity index is 3.14. The van der Waals surface area contributed by atoms with Crippen molar-refractivity contribution >= 4 is 27.5 Å². The number of aliphatic hydroxyl groups is 1. The molecule has 100 valence electrons. The lowest BCUT2D eigenvalue weighted by molar-refractivity contribution is -0.137. The fourth-order valence-electron chi connectivity index (χ4n) is 1.14. The summed E-state index contributed by atoms with van der Waals surface area (Å²) in [6.07, 6.45) is -4.59. The number of carbonyl (C=O) groups is 1. The predicted octanol–water partition coefficient (Wildman–Crippen LogP) is 3.18. The van der Waals surface area contributed by atoms with E-state index in [1.807, 2.05) is 0 Å². The minimum Gasteiger partial charge on any atom is -0.381 e. The maximum Gasteiger partial charge on any atom is 0.418 e. The Morgan fingerprint density at radius 3 is 2.33 bits per heavy atom. The van der Waals surface area contributed by atoms with Gasteiger partial charge in [-0.3, -0.25) is 4.79 Å². The van der Waals surface area contributed by atoms with E-state index in [9.17, 15) is 23.1 Å². The van der Waals surface area contributed by atoms with Gasteiger partial charge in [-0.15, -0.1) is 0 Å². The molecule has 1 aromatic carbocycles. The third-order valence-corrected chi connectivity index (χ3v) is 2.58. The molecule has 18 heavy (non-hydrogen) atoms. The lowest BCUT2D eigenvalue weighted by Crippen LogP contribution is -2.37. The minimum absolute atomic E-state index is 0.246. The molecule has 0 unspecified atom stereocenters. The standard InChI is InChI=1S/C11H11BrF3NO2/c1-10(2,18)9(17)16-8-4-3-6(12)5-7(8)11(13,14)15/h3-5,18H,1-2H3,(H,16,17). The summed E-state index contributed by atoms with van der Waals surface area (Å²) >= 11 is 2.93. The van der Waals surface area contributed by atoms with Crippen LogP contribution in [0.3, 0.4) is 0 Å². The molecule has 0 saturated heterocycles. The molecule has 2 N–H and O–H groups in total. The smallest absolute Gasteiger partial charge is 0.381 e. The van der Waals surface area contributed by atoms with Crippen molar-refractivity contribution in [1.82, 2.24) is 0 Å². The molecule has 0 aliphatic carbocycles. The van der Waals surface area contributed by atoms with Gasteiger partial charge < -0.3 is 10.4 Å². The summed E-state index contributed by atoms with van der Waals surface area (Å²) in [6, 6.07) is 3.35. The molecule has 0 radical (unpaired) electrons. The van der Waals surface area contributed by atoms with Gasteiger partial charge in [0.2, 0.25) is 0 Å². The van der Waals surface area contributed by atoms with Gasteiger partial charge >= 0.3 is 6.18 Å². The number of anilines is 1. The first kappa shape index (κ1) is 15.0. The van der Waals surface area contributed by atoms with E-state index in [1.165, 1.54) is 19.9 Å². The second-order valence-electron chi connectivity index (χ2n) is 4.20. The molecule has 3 nitrogen and oxygen atoms in total. The Morgan fingerprint density at radius 2 is 1.89 bits per heavy atom. The van der Waals surface area contributed by atoms with Crippen LogP contribution in [0, 0.1) is 0 Å². The van der Waals surface area contributed by atoms with Crippen molar-refractivity contribution in [3.63, 3.8) is 0 Å². The number of nitrogens with one attached hydrogen (secondary N) is 1. The minimum atomic E-state index is -4.59. The highest BCUT2D eigenvalue weighted by atomic mass is 79.9. The summed E-state index contributed by atoms with van der Waals surface area (Å²) in [5, 5.41) is 11.4. The Morgan fingerprint density at radius 1 is 1.33 bits per heavy atom. The van der Waals surface area contributed by atoms with Crippen molar-refractivity contribution in [3.05, 3.63) is 28.2 Å². The second-order valence-corrected chi connectivity index (χ2v) is 5.12. The van der Waals surface area contributed by atoms with E-state index in [4.69, 9.17) is 0 Å². The van der Waals surface area contributed by atoms with E-state index < -0.39 is 28.9 Å². The first-order valence-electron chi connectivity index (χ1n) is 4.92. The van der Waals surface area contributed by atoms with Crippen LogP contribution >= 0.6 is 15.9 Å². The summed E-state index contributed by atoms with van der Waals surface area (Å²) in [7, 11) is 0. The second kappa shape index (κ2) is 4.89. The highest BCUT2D eigenvalue weighted by Crippen LogP contribution is 2.36. The van der Waals surface area contributed by atoms with Crippen LogP contribution in [0.5, 0.6) is 0 Å². The molecule has 0 bridgehead atoms. The fourth-order valence-corrected chi connectivity index (χ4v) is 1.50. The Bertz CT molecular complexity index is 466. The molecule has 7 heteroatoms.